The minimum atomic E-state index is -1.17. The fourth-order valence-electron chi connectivity index (χ4n) is 3.14. The van der Waals surface area contributed by atoms with E-state index in [1.807, 2.05) is 0 Å². The Hall–Kier alpha value is -3.68. The van der Waals surface area contributed by atoms with Crippen LogP contribution in [0.1, 0.15) is 10.4 Å². The van der Waals surface area contributed by atoms with Crippen molar-refractivity contribution in [3.63, 3.8) is 0 Å². The molecule has 1 aromatic heterocycles. The minimum absolute atomic E-state index is 0.00816. The minimum Gasteiger partial charge on any atom is -0.496 e. The molecule has 3 rings (SSSR count). The molecule has 144 valence electrons. The normalized spacial score (nSPS) is 10.7. The monoisotopic (exact) mass is 384 g/mol. The van der Waals surface area contributed by atoms with E-state index in [1.54, 1.807) is 19.2 Å². The largest absolute Gasteiger partial charge is 0.496 e. The molecule has 1 heterocycles. The summed E-state index contributed by atoms with van der Waals surface area (Å²) in [7, 11) is 2.98. The molecule has 0 aliphatic carbocycles. The topological polar surface area (TPSA) is 100.0 Å². The van der Waals surface area contributed by atoms with Crippen molar-refractivity contribution in [2.24, 2.45) is 0 Å². The summed E-state index contributed by atoms with van der Waals surface area (Å²) in [5.74, 6) is -2.07. The van der Waals surface area contributed by atoms with Gasteiger partial charge in [-0.3, -0.25) is 4.79 Å². The van der Waals surface area contributed by atoms with Crippen LogP contribution in [-0.2, 0) is 4.79 Å². The highest BCUT2D eigenvalue weighted by Gasteiger charge is 2.21. The molecule has 0 unspecified atom stereocenters. The maximum atomic E-state index is 13.9. The summed E-state index contributed by atoms with van der Waals surface area (Å²) in [6, 6.07) is 8.57. The van der Waals surface area contributed by atoms with Gasteiger partial charge in [0.2, 0.25) is 0 Å². The number of aromatic carboxylic acids is 1. The standard InChI is InChI=1S/C20H17FN2O5/c1-23(10-17(24)25)19-12-4-3-5-13(20(26)27)18(12)15(9-22-19)14-8-11(21)6-7-16(14)28-2/h3-9H,10H2,1-2H3,(H,24,25)(H,26,27). The van der Waals surface area contributed by atoms with Crippen LogP contribution in [0.15, 0.2) is 42.6 Å². The highest BCUT2D eigenvalue weighted by Crippen LogP contribution is 2.39. The van der Waals surface area contributed by atoms with Gasteiger partial charge in [0, 0.05) is 35.1 Å². The van der Waals surface area contributed by atoms with Gasteiger partial charge in [-0.1, -0.05) is 12.1 Å². The van der Waals surface area contributed by atoms with Crippen LogP contribution in [0.4, 0.5) is 10.2 Å². The predicted molar refractivity (Wildman–Crippen MR) is 102 cm³/mol. The molecule has 2 N–H and O–H groups in total. The Kier molecular flexibility index (Phi) is 5.12. The zero-order valence-corrected chi connectivity index (χ0v) is 15.1. The van der Waals surface area contributed by atoms with E-state index in [0.717, 1.165) is 0 Å². The first-order valence-corrected chi connectivity index (χ1v) is 8.25. The molecule has 0 spiro atoms. The summed E-state index contributed by atoms with van der Waals surface area (Å²) in [6.45, 7) is -0.317. The number of aromatic nitrogens is 1. The molecule has 0 atom stereocenters. The van der Waals surface area contributed by atoms with Gasteiger partial charge in [0.25, 0.3) is 0 Å². The zero-order valence-electron chi connectivity index (χ0n) is 15.1. The molecule has 0 saturated heterocycles. The number of hydrogen-bond donors (Lipinski definition) is 2. The summed E-state index contributed by atoms with van der Waals surface area (Å²) in [4.78, 5) is 28.7. The van der Waals surface area contributed by atoms with Gasteiger partial charge in [-0.15, -0.1) is 0 Å². The van der Waals surface area contributed by atoms with Crippen LogP contribution in [0.3, 0.4) is 0 Å². The second-order valence-corrected chi connectivity index (χ2v) is 6.12. The number of hydrogen-bond acceptors (Lipinski definition) is 5. The average molecular weight is 384 g/mol. The van der Waals surface area contributed by atoms with E-state index in [1.165, 1.54) is 42.5 Å². The van der Waals surface area contributed by atoms with Crippen LogP contribution in [-0.4, -0.2) is 47.8 Å². The van der Waals surface area contributed by atoms with Gasteiger partial charge in [0.15, 0.2) is 0 Å². The molecule has 0 aliphatic rings. The van der Waals surface area contributed by atoms with Crippen LogP contribution in [0.25, 0.3) is 21.9 Å². The van der Waals surface area contributed by atoms with E-state index in [-0.39, 0.29) is 12.1 Å². The van der Waals surface area contributed by atoms with Gasteiger partial charge in [-0.05, 0) is 24.3 Å². The highest BCUT2D eigenvalue weighted by atomic mass is 19.1. The quantitative estimate of drug-likeness (QED) is 0.673. The summed E-state index contributed by atoms with van der Waals surface area (Å²) in [6.07, 6.45) is 1.40. The second kappa shape index (κ2) is 7.51. The number of likely N-dealkylation sites (N-methyl/N-ethyl adjacent to an activating group) is 1. The molecule has 0 radical (unpaired) electrons. The van der Waals surface area contributed by atoms with Crippen molar-refractivity contribution in [1.82, 2.24) is 4.98 Å². The Morgan fingerprint density at radius 1 is 1.18 bits per heavy atom. The number of aliphatic carboxylic acids is 1. The lowest BCUT2D eigenvalue weighted by Gasteiger charge is -2.20. The maximum Gasteiger partial charge on any atom is 0.336 e. The molecule has 3 aromatic rings. The second-order valence-electron chi connectivity index (χ2n) is 6.12. The van der Waals surface area contributed by atoms with Crippen molar-refractivity contribution in [1.29, 1.82) is 0 Å². The molecule has 0 saturated carbocycles. The van der Waals surface area contributed by atoms with E-state index < -0.39 is 17.8 Å². The molecule has 0 aliphatic heterocycles. The molecule has 2 aromatic carbocycles. The summed E-state index contributed by atoms with van der Waals surface area (Å²) >= 11 is 0. The van der Waals surface area contributed by atoms with Crippen molar-refractivity contribution in [2.75, 3.05) is 25.6 Å². The average Bonchev–Trinajstić information content (AvgIpc) is 2.65. The van der Waals surface area contributed by atoms with Gasteiger partial charge >= 0.3 is 11.9 Å². The van der Waals surface area contributed by atoms with Gasteiger partial charge in [-0.25, -0.2) is 14.2 Å². The van der Waals surface area contributed by atoms with E-state index in [4.69, 9.17) is 9.84 Å². The molecule has 28 heavy (non-hydrogen) atoms. The van der Waals surface area contributed by atoms with E-state index in [9.17, 15) is 19.1 Å². The predicted octanol–water partition coefficient (Wildman–Crippen LogP) is 3.27. The Morgan fingerprint density at radius 3 is 2.57 bits per heavy atom. The van der Waals surface area contributed by atoms with Crippen LogP contribution in [0, 0.1) is 5.82 Å². The van der Waals surface area contributed by atoms with Gasteiger partial charge in [0.1, 0.15) is 23.9 Å². The molecular weight excluding hydrogens is 367 g/mol. The first kappa shape index (κ1) is 19.1. The molecule has 0 amide bonds. The number of methoxy groups -OCH3 is 1. The smallest absolute Gasteiger partial charge is 0.336 e. The third kappa shape index (κ3) is 3.44. The third-order valence-electron chi connectivity index (χ3n) is 4.31. The number of nitrogens with zero attached hydrogens (tertiary/aromatic N) is 2. The Labute approximate surface area is 159 Å². The molecule has 0 bridgehead atoms. The number of ether oxygens (including phenoxy) is 1. The fourth-order valence-corrected chi connectivity index (χ4v) is 3.14. The Bertz CT molecular complexity index is 1080. The lowest BCUT2D eigenvalue weighted by molar-refractivity contribution is -0.135. The Balaban J connectivity index is 2.38. The van der Waals surface area contributed by atoms with Gasteiger partial charge in [-0.2, -0.15) is 0 Å². The number of carbonyl (C=O) groups is 2. The summed E-state index contributed by atoms with van der Waals surface area (Å²) in [5.41, 5.74) is 0.712. The first-order chi connectivity index (χ1) is 13.3. The SMILES string of the molecule is COc1ccc(F)cc1-c1cnc(N(C)CC(=O)O)c2cccc(C(=O)O)c12. The van der Waals surface area contributed by atoms with E-state index >= 15 is 0 Å². The molecule has 7 nitrogen and oxygen atoms in total. The van der Waals surface area contributed by atoms with Crippen molar-refractivity contribution >= 4 is 28.5 Å². The van der Waals surface area contributed by atoms with Crippen LogP contribution < -0.4 is 9.64 Å². The van der Waals surface area contributed by atoms with E-state index in [2.05, 4.69) is 4.98 Å². The zero-order chi connectivity index (χ0) is 20.4. The van der Waals surface area contributed by atoms with Crippen LogP contribution in [0.5, 0.6) is 5.75 Å². The van der Waals surface area contributed by atoms with Crippen molar-refractivity contribution in [3.05, 3.63) is 54.0 Å². The van der Waals surface area contributed by atoms with Gasteiger partial charge in [0.05, 0.1) is 12.7 Å². The van der Waals surface area contributed by atoms with E-state index in [0.29, 0.717) is 33.5 Å². The third-order valence-corrected chi connectivity index (χ3v) is 4.31. The summed E-state index contributed by atoms with van der Waals surface area (Å²) < 4.78 is 19.2. The molecule has 8 heteroatoms. The number of pyridine rings is 1. The number of rotatable bonds is 6. The number of anilines is 1. The molecular formula is C20H17FN2O5. The first-order valence-electron chi connectivity index (χ1n) is 8.25. The number of carboxylic acid groups (broad SMARTS) is 2. The number of halogens is 1. The van der Waals surface area contributed by atoms with Crippen LogP contribution in [0.2, 0.25) is 0 Å². The highest BCUT2D eigenvalue weighted by molar-refractivity contribution is 6.13. The van der Waals surface area contributed by atoms with Crippen molar-refractivity contribution < 1.29 is 28.9 Å². The number of benzene rings is 2. The van der Waals surface area contributed by atoms with Crippen molar-refractivity contribution in [3.8, 4) is 16.9 Å². The lowest BCUT2D eigenvalue weighted by atomic mass is 9.95. The van der Waals surface area contributed by atoms with Crippen LogP contribution >= 0.6 is 0 Å². The number of carboxylic acids is 2. The van der Waals surface area contributed by atoms with Crippen molar-refractivity contribution in [2.45, 2.75) is 0 Å². The number of fused-ring (bicyclic) bond motifs is 1. The maximum absolute atomic E-state index is 13.9. The summed E-state index contributed by atoms with van der Waals surface area (Å²) in [5, 5.41) is 19.5. The van der Waals surface area contributed by atoms with Gasteiger partial charge < -0.3 is 19.8 Å². The lowest BCUT2D eigenvalue weighted by Crippen LogP contribution is -2.26. The Morgan fingerprint density at radius 2 is 1.93 bits per heavy atom. The fraction of sp³-hybridized carbons (Fsp3) is 0.150. The molecule has 0 fully saturated rings.